The van der Waals surface area contributed by atoms with E-state index in [1.807, 2.05) is 36.5 Å². The van der Waals surface area contributed by atoms with E-state index in [4.69, 9.17) is 9.94 Å². The Morgan fingerprint density at radius 2 is 1.96 bits per heavy atom. The molecule has 4 aromatic rings. The Morgan fingerprint density at radius 3 is 2.61 bits per heavy atom. The van der Waals surface area contributed by atoms with Crippen molar-refractivity contribution in [2.24, 2.45) is 0 Å². The van der Waals surface area contributed by atoms with Gasteiger partial charge in [0.15, 0.2) is 5.75 Å². The summed E-state index contributed by atoms with van der Waals surface area (Å²) in [6.45, 7) is 0. The van der Waals surface area contributed by atoms with Crippen molar-refractivity contribution in [2.75, 3.05) is 7.11 Å². The number of carbonyl (C=O) groups is 1. The number of rotatable bonds is 4. The Balaban J connectivity index is 0.00000225. The number of hydrogen-bond donors (Lipinski definition) is 2. The highest BCUT2D eigenvalue weighted by atomic mass is 35.5. The SMILES string of the molecule is COc1c(-c2ccc(-n3cccn3)cc2)nc2ccncc2c1C(=O)NO.Cl. The maximum absolute atomic E-state index is 12.3. The number of pyridine rings is 2. The molecule has 0 saturated heterocycles. The summed E-state index contributed by atoms with van der Waals surface area (Å²) < 4.78 is 7.23. The van der Waals surface area contributed by atoms with Gasteiger partial charge in [0.1, 0.15) is 5.69 Å². The lowest BCUT2D eigenvalue weighted by atomic mass is 10.0. The van der Waals surface area contributed by atoms with Crippen LogP contribution in [0.15, 0.2) is 61.2 Å². The van der Waals surface area contributed by atoms with Crippen molar-refractivity contribution < 1.29 is 14.7 Å². The molecule has 0 atom stereocenters. The number of carbonyl (C=O) groups excluding carboxylic acids is 1. The predicted octanol–water partition coefficient (Wildman–Crippen LogP) is 3.03. The number of benzene rings is 1. The van der Waals surface area contributed by atoms with Crippen LogP contribution in [0.3, 0.4) is 0 Å². The minimum Gasteiger partial charge on any atom is -0.494 e. The zero-order valence-corrected chi connectivity index (χ0v) is 15.6. The molecule has 0 fully saturated rings. The van der Waals surface area contributed by atoms with E-state index in [1.165, 1.54) is 13.3 Å². The van der Waals surface area contributed by atoms with E-state index in [-0.39, 0.29) is 23.7 Å². The van der Waals surface area contributed by atoms with Crippen molar-refractivity contribution in [1.29, 1.82) is 0 Å². The van der Waals surface area contributed by atoms with Crippen LogP contribution in [0.25, 0.3) is 27.8 Å². The molecule has 8 nitrogen and oxygen atoms in total. The highest BCUT2D eigenvalue weighted by molar-refractivity contribution is 6.09. The van der Waals surface area contributed by atoms with Crippen molar-refractivity contribution in [1.82, 2.24) is 25.2 Å². The maximum atomic E-state index is 12.3. The van der Waals surface area contributed by atoms with Crippen LogP contribution in [0.1, 0.15) is 10.4 Å². The number of hydroxylamine groups is 1. The number of amides is 1. The molecule has 0 unspecified atom stereocenters. The zero-order chi connectivity index (χ0) is 18.8. The van der Waals surface area contributed by atoms with Crippen LogP contribution < -0.4 is 10.2 Å². The van der Waals surface area contributed by atoms with Gasteiger partial charge in [-0.25, -0.2) is 15.1 Å². The van der Waals surface area contributed by atoms with Gasteiger partial charge in [0, 0.05) is 35.7 Å². The van der Waals surface area contributed by atoms with Crippen LogP contribution in [-0.4, -0.2) is 38.0 Å². The second kappa shape index (κ2) is 8.03. The topological polar surface area (TPSA) is 102 Å². The average Bonchev–Trinajstić information content (AvgIpc) is 3.26. The second-order valence-corrected chi connectivity index (χ2v) is 5.70. The fourth-order valence-electron chi connectivity index (χ4n) is 2.96. The van der Waals surface area contributed by atoms with E-state index in [1.54, 1.807) is 28.6 Å². The van der Waals surface area contributed by atoms with Crippen molar-refractivity contribution in [2.45, 2.75) is 0 Å². The van der Waals surface area contributed by atoms with Crippen LogP contribution >= 0.6 is 12.4 Å². The van der Waals surface area contributed by atoms with Gasteiger partial charge in [-0.2, -0.15) is 5.10 Å². The molecular formula is C19H16ClN5O3. The van der Waals surface area contributed by atoms with Crippen LogP contribution in [0.5, 0.6) is 5.75 Å². The van der Waals surface area contributed by atoms with Gasteiger partial charge < -0.3 is 4.74 Å². The van der Waals surface area contributed by atoms with Gasteiger partial charge in [-0.15, -0.1) is 12.4 Å². The number of nitrogens with zero attached hydrogens (tertiary/aromatic N) is 4. The number of ether oxygens (including phenoxy) is 1. The molecule has 142 valence electrons. The fourth-order valence-corrected chi connectivity index (χ4v) is 2.96. The normalized spacial score (nSPS) is 10.4. The summed E-state index contributed by atoms with van der Waals surface area (Å²) in [4.78, 5) is 21.0. The van der Waals surface area contributed by atoms with E-state index in [0.29, 0.717) is 16.6 Å². The lowest BCUT2D eigenvalue weighted by molar-refractivity contribution is 0.0705. The van der Waals surface area contributed by atoms with E-state index in [2.05, 4.69) is 15.1 Å². The summed E-state index contributed by atoms with van der Waals surface area (Å²) in [5.41, 5.74) is 4.54. The number of hydrogen-bond acceptors (Lipinski definition) is 6. The summed E-state index contributed by atoms with van der Waals surface area (Å²) in [5.74, 6) is -0.435. The van der Waals surface area contributed by atoms with Gasteiger partial charge in [0.2, 0.25) is 0 Å². The van der Waals surface area contributed by atoms with Crippen molar-refractivity contribution in [3.05, 3.63) is 66.7 Å². The zero-order valence-electron chi connectivity index (χ0n) is 14.7. The van der Waals surface area contributed by atoms with Crippen molar-refractivity contribution in [3.8, 4) is 22.7 Å². The molecule has 0 aliphatic carbocycles. The first-order valence-electron chi connectivity index (χ1n) is 8.09. The molecule has 1 amide bonds. The molecule has 0 aliphatic rings. The Morgan fingerprint density at radius 1 is 1.18 bits per heavy atom. The first-order chi connectivity index (χ1) is 13.2. The monoisotopic (exact) mass is 397 g/mol. The summed E-state index contributed by atoms with van der Waals surface area (Å²) in [6.07, 6.45) is 6.66. The first kappa shape index (κ1) is 19.3. The molecule has 4 rings (SSSR count). The second-order valence-electron chi connectivity index (χ2n) is 5.70. The number of aromatic nitrogens is 4. The maximum Gasteiger partial charge on any atom is 0.279 e. The largest absolute Gasteiger partial charge is 0.494 e. The quantitative estimate of drug-likeness (QED) is 0.405. The molecule has 2 N–H and O–H groups in total. The molecule has 0 bridgehead atoms. The van der Waals surface area contributed by atoms with E-state index in [9.17, 15) is 4.79 Å². The predicted molar refractivity (Wildman–Crippen MR) is 105 cm³/mol. The molecule has 3 aromatic heterocycles. The van der Waals surface area contributed by atoms with Gasteiger partial charge in [0.25, 0.3) is 5.91 Å². The third-order valence-electron chi connectivity index (χ3n) is 4.18. The molecule has 1 aromatic carbocycles. The molecular weight excluding hydrogens is 382 g/mol. The summed E-state index contributed by atoms with van der Waals surface area (Å²) in [5, 5.41) is 13.9. The van der Waals surface area contributed by atoms with E-state index >= 15 is 0 Å². The van der Waals surface area contributed by atoms with Gasteiger partial charge in [-0.05, 0) is 24.3 Å². The summed E-state index contributed by atoms with van der Waals surface area (Å²) >= 11 is 0. The number of halogens is 1. The molecule has 0 radical (unpaired) electrons. The lowest BCUT2D eigenvalue weighted by Gasteiger charge is -2.15. The molecule has 3 heterocycles. The molecule has 28 heavy (non-hydrogen) atoms. The number of fused-ring (bicyclic) bond motifs is 1. The Hall–Kier alpha value is -3.49. The van der Waals surface area contributed by atoms with Crippen LogP contribution in [0.4, 0.5) is 0 Å². The Labute approximate surface area is 166 Å². The summed E-state index contributed by atoms with van der Waals surface area (Å²) in [6, 6.07) is 11.1. The van der Waals surface area contributed by atoms with Crippen LogP contribution in [0.2, 0.25) is 0 Å². The molecule has 0 saturated carbocycles. The highest BCUT2D eigenvalue weighted by Gasteiger charge is 2.22. The third kappa shape index (κ3) is 3.26. The average molecular weight is 398 g/mol. The first-order valence-corrected chi connectivity index (χ1v) is 8.09. The van der Waals surface area contributed by atoms with Gasteiger partial charge >= 0.3 is 0 Å². The molecule has 0 spiro atoms. The van der Waals surface area contributed by atoms with Crippen molar-refractivity contribution >= 4 is 29.2 Å². The molecule has 9 heteroatoms. The minimum atomic E-state index is -0.693. The van der Waals surface area contributed by atoms with Gasteiger partial charge in [-0.1, -0.05) is 12.1 Å². The van der Waals surface area contributed by atoms with Gasteiger partial charge in [0.05, 0.1) is 23.9 Å². The lowest BCUT2D eigenvalue weighted by Crippen LogP contribution is -2.20. The minimum absolute atomic E-state index is 0. The van der Waals surface area contributed by atoms with Crippen LogP contribution in [-0.2, 0) is 0 Å². The Kier molecular flexibility index (Phi) is 5.53. The van der Waals surface area contributed by atoms with E-state index < -0.39 is 5.91 Å². The van der Waals surface area contributed by atoms with E-state index in [0.717, 1.165) is 11.3 Å². The van der Waals surface area contributed by atoms with Gasteiger partial charge in [-0.3, -0.25) is 15.0 Å². The third-order valence-corrected chi connectivity index (χ3v) is 4.18. The van der Waals surface area contributed by atoms with Crippen molar-refractivity contribution in [3.63, 3.8) is 0 Å². The highest BCUT2D eigenvalue weighted by Crippen LogP contribution is 2.36. The standard InChI is InChI=1S/C19H15N5O3.ClH/c1-27-18-16(19(25)23-26)14-11-20-9-7-15(14)22-17(18)12-3-5-13(6-4-12)24-10-2-8-21-24;/h2-11,26H,1H3,(H,23,25);1H. The van der Waals surface area contributed by atoms with Crippen LogP contribution in [0, 0.1) is 0 Å². The number of methoxy groups -OCH3 is 1. The Bertz CT molecular complexity index is 1110. The molecule has 0 aliphatic heterocycles. The number of nitrogens with one attached hydrogen (secondary N) is 1. The smallest absolute Gasteiger partial charge is 0.279 e. The summed E-state index contributed by atoms with van der Waals surface area (Å²) in [7, 11) is 1.45. The fraction of sp³-hybridized carbons (Fsp3) is 0.0526.